The first-order valence-electron chi connectivity index (χ1n) is 4.90. The van der Waals surface area contributed by atoms with E-state index in [1.165, 1.54) is 17.8 Å². The molecule has 0 heterocycles. The average Bonchev–Trinajstić information content (AvgIpc) is 2.35. The Morgan fingerprint density at radius 2 is 2.29 bits per heavy atom. The van der Waals surface area contributed by atoms with Crippen LogP contribution in [0.5, 0.6) is 0 Å². The molecule has 0 amide bonds. The molecular formula is C10H13N3O3S. The lowest BCUT2D eigenvalue weighted by Crippen LogP contribution is -2.22. The average molecular weight is 255 g/mol. The third-order valence-corrected chi connectivity index (χ3v) is 3.49. The standard InChI is InChI=1S/C10H13N3O3S/c1-7(10(11)12-14)6-17-9-5-3-2-4-8(9)13(15)16/h2-5,7,14H,6H2,1H3,(H2,11,12). The fourth-order valence-corrected chi connectivity index (χ4v) is 2.19. The first-order valence-corrected chi connectivity index (χ1v) is 5.88. The van der Waals surface area contributed by atoms with E-state index in [1.807, 2.05) is 0 Å². The fraction of sp³-hybridized carbons (Fsp3) is 0.300. The van der Waals surface area contributed by atoms with Crippen LogP contribution in [0.15, 0.2) is 34.3 Å². The monoisotopic (exact) mass is 255 g/mol. The molecule has 6 nitrogen and oxygen atoms in total. The molecule has 0 saturated heterocycles. The molecule has 17 heavy (non-hydrogen) atoms. The molecule has 0 bridgehead atoms. The largest absolute Gasteiger partial charge is 0.409 e. The summed E-state index contributed by atoms with van der Waals surface area (Å²) >= 11 is 1.31. The summed E-state index contributed by atoms with van der Waals surface area (Å²) in [5, 5.41) is 22.2. The Morgan fingerprint density at radius 1 is 1.65 bits per heavy atom. The number of rotatable bonds is 5. The molecule has 0 aliphatic heterocycles. The van der Waals surface area contributed by atoms with Crippen LogP contribution in [0.4, 0.5) is 5.69 Å². The van der Waals surface area contributed by atoms with Gasteiger partial charge in [0.2, 0.25) is 0 Å². The van der Waals surface area contributed by atoms with E-state index < -0.39 is 4.92 Å². The smallest absolute Gasteiger partial charge is 0.282 e. The number of nitro benzene ring substituents is 1. The third-order valence-electron chi connectivity index (χ3n) is 2.17. The van der Waals surface area contributed by atoms with Gasteiger partial charge in [-0.3, -0.25) is 10.1 Å². The van der Waals surface area contributed by atoms with Crippen molar-refractivity contribution in [2.24, 2.45) is 16.8 Å². The molecule has 92 valence electrons. The molecule has 0 spiro atoms. The number of hydrogen-bond acceptors (Lipinski definition) is 5. The Balaban J connectivity index is 2.73. The van der Waals surface area contributed by atoms with Crippen molar-refractivity contribution in [1.29, 1.82) is 0 Å². The maximum atomic E-state index is 10.8. The lowest BCUT2D eigenvalue weighted by atomic mass is 10.2. The summed E-state index contributed by atoms with van der Waals surface area (Å²) in [6.45, 7) is 1.79. The summed E-state index contributed by atoms with van der Waals surface area (Å²) in [6.07, 6.45) is 0. The number of benzene rings is 1. The second kappa shape index (κ2) is 6.09. The van der Waals surface area contributed by atoms with Gasteiger partial charge in [0.05, 0.1) is 9.82 Å². The lowest BCUT2D eigenvalue weighted by molar-refractivity contribution is -0.387. The molecule has 1 rings (SSSR count). The molecular weight excluding hydrogens is 242 g/mol. The van der Waals surface area contributed by atoms with Crippen LogP contribution in [-0.2, 0) is 0 Å². The molecule has 0 radical (unpaired) electrons. The number of para-hydroxylation sites is 1. The Labute approximate surface area is 103 Å². The minimum Gasteiger partial charge on any atom is -0.409 e. The normalized spacial score (nSPS) is 13.4. The van der Waals surface area contributed by atoms with E-state index in [9.17, 15) is 10.1 Å². The minimum absolute atomic E-state index is 0.0733. The molecule has 7 heteroatoms. The predicted molar refractivity (Wildman–Crippen MR) is 66.4 cm³/mol. The molecule has 1 atom stereocenters. The van der Waals surface area contributed by atoms with Gasteiger partial charge in [0.25, 0.3) is 5.69 Å². The Bertz CT molecular complexity index is 437. The van der Waals surface area contributed by atoms with Gasteiger partial charge >= 0.3 is 0 Å². The lowest BCUT2D eigenvalue weighted by Gasteiger charge is -2.08. The first kappa shape index (κ1) is 13.3. The zero-order valence-electron chi connectivity index (χ0n) is 9.24. The van der Waals surface area contributed by atoms with Gasteiger partial charge in [-0.05, 0) is 6.07 Å². The molecule has 1 unspecified atom stereocenters. The second-order valence-corrected chi connectivity index (χ2v) is 4.52. The predicted octanol–water partition coefficient (Wildman–Crippen LogP) is 2.07. The number of oxime groups is 1. The topological polar surface area (TPSA) is 102 Å². The van der Waals surface area contributed by atoms with Crippen LogP contribution >= 0.6 is 11.8 Å². The number of nitrogens with zero attached hydrogens (tertiary/aromatic N) is 2. The maximum Gasteiger partial charge on any atom is 0.282 e. The van der Waals surface area contributed by atoms with Gasteiger partial charge in [-0.2, -0.15) is 0 Å². The van der Waals surface area contributed by atoms with Gasteiger partial charge in [-0.25, -0.2) is 0 Å². The number of amidine groups is 1. The first-order chi connectivity index (χ1) is 8.06. The molecule has 0 aromatic heterocycles. The number of nitro groups is 1. The van der Waals surface area contributed by atoms with E-state index in [0.29, 0.717) is 10.6 Å². The molecule has 0 fully saturated rings. The van der Waals surface area contributed by atoms with E-state index in [4.69, 9.17) is 10.9 Å². The van der Waals surface area contributed by atoms with Gasteiger partial charge in [-0.1, -0.05) is 24.2 Å². The van der Waals surface area contributed by atoms with Crippen LogP contribution in [0.3, 0.4) is 0 Å². The van der Waals surface area contributed by atoms with Crippen molar-refractivity contribution in [2.45, 2.75) is 11.8 Å². The van der Waals surface area contributed by atoms with Crippen molar-refractivity contribution < 1.29 is 10.1 Å². The SMILES string of the molecule is CC(CSc1ccccc1[N+](=O)[O-])/C(N)=N/O. The van der Waals surface area contributed by atoms with Crippen molar-refractivity contribution in [2.75, 3.05) is 5.75 Å². The van der Waals surface area contributed by atoms with Crippen molar-refractivity contribution in [1.82, 2.24) is 0 Å². The van der Waals surface area contributed by atoms with Crippen LogP contribution in [-0.4, -0.2) is 21.7 Å². The Kier molecular flexibility index (Phi) is 4.77. The van der Waals surface area contributed by atoms with Crippen LogP contribution in [0.25, 0.3) is 0 Å². The van der Waals surface area contributed by atoms with Crippen LogP contribution in [0.1, 0.15) is 6.92 Å². The van der Waals surface area contributed by atoms with Crippen LogP contribution in [0, 0.1) is 16.0 Å². The molecule has 0 aliphatic rings. The summed E-state index contributed by atoms with van der Waals surface area (Å²) in [7, 11) is 0. The fourth-order valence-electron chi connectivity index (χ4n) is 1.13. The maximum absolute atomic E-state index is 10.8. The van der Waals surface area contributed by atoms with Crippen LogP contribution in [0.2, 0.25) is 0 Å². The van der Waals surface area contributed by atoms with E-state index in [1.54, 1.807) is 25.1 Å². The summed E-state index contributed by atoms with van der Waals surface area (Å²) in [6, 6.07) is 6.50. The summed E-state index contributed by atoms with van der Waals surface area (Å²) in [4.78, 5) is 10.9. The van der Waals surface area contributed by atoms with Gasteiger partial charge < -0.3 is 10.9 Å². The summed E-state index contributed by atoms with van der Waals surface area (Å²) < 4.78 is 0. The summed E-state index contributed by atoms with van der Waals surface area (Å²) in [5.41, 5.74) is 5.50. The number of hydrogen-bond donors (Lipinski definition) is 2. The molecule has 0 aliphatic carbocycles. The highest BCUT2D eigenvalue weighted by Gasteiger charge is 2.15. The quantitative estimate of drug-likeness (QED) is 0.209. The summed E-state index contributed by atoms with van der Waals surface area (Å²) in [5.74, 6) is 0.488. The van der Waals surface area contributed by atoms with Crippen LogP contribution < -0.4 is 5.73 Å². The van der Waals surface area contributed by atoms with Crippen molar-refractivity contribution in [3.05, 3.63) is 34.4 Å². The second-order valence-electron chi connectivity index (χ2n) is 3.46. The number of nitrogens with two attached hydrogens (primary N) is 1. The van der Waals surface area contributed by atoms with E-state index in [0.717, 1.165) is 0 Å². The van der Waals surface area contributed by atoms with E-state index in [2.05, 4.69) is 5.16 Å². The third kappa shape index (κ3) is 3.63. The van der Waals surface area contributed by atoms with Gasteiger partial charge in [0, 0.05) is 17.7 Å². The zero-order valence-corrected chi connectivity index (χ0v) is 10.1. The highest BCUT2D eigenvalue weighted by atomic mass is 32.2. The number of thioether (sulfide) groups is 1. The Morgan fingerprint density at radius 3 is 2.88 bits per heavy atom. The van der Waals surface area contributed by atoms with Crippen molar-refractivity contribution >= 4 is 23.3 Å². The Hall–Kier alpha value is -1.76. The molecule has 1 aromatic carbocycles. The minimum atomic E-state index is -0.420. The van der Waals surface area contributed by atoms with Crippen molar-refractivity contribution in [3.63, 3.8) is 0 Å². The van der Waals surface area contributed by atoms with Gasteiger partial charge in [0.1, 0.15) is 5.84 Å². The highest BCUT2D eigenvalue weighted by Crippen LogP contribution is 2.29. The highest BCUT2D eigenvalue weighted by molar-refractivity contribution is 7.99. The molecule has 3 N–H and O–H groups in total. The molecule has 0 saturated carbocycles. The van der Waals surface area contributed by atoms with Crippen molar-refractivity contribution in [3.8, 4) is 0 Å². The van der Waals surface area contributed by atoms with Gasteiger partial charge in [-0.15, -0.1) is 11.8 Å². The van der Waals surface area contributed by atoms with Gasteiger partial charge in [0.15, 0.2) is 0 Å². The van der Waals surface area contributed by atoms with E-state index in [-0.39, 0.29) is 17.4 Å². The molecule has 1 aromatic rings. The zero-order chi connectivity index (χ0) is 12.8. The van der Waals surface area contributed by atoms with E-state index >= 15 is 0 Å².